The van der Waals surface area contributed by atoms with Crippen molar-refractivity contribution in [3.63, 3.8) is 0 Å². The SMILES string of the molecule is Cc1cc(C)c(-c2ccc(O)cc2)c(S(=O)(=O)c2cc(C)cc(C)c2-c2ccc(O)cc2)c1. The molecule has 0 aromatic heterocycles. The number of hydrogen-bond acceptors (Lipinski definition) is 4. The van der Waals surface area contributed by atoms with Crippen molar-refractivity contribution in [3.8, 4) is 33.8 Å². The highest BCUT2D eigenvalue weighted by Gasteiger charge is 2.28. The molecule has 0 aliphatic rings. The summed E-state index contributed by atoms with van der Waals surface area (Å²) in [5.41, 5.74) is 6.07. The lowest BCUT2D eigenvalue weighted by atomic mass is 9.98. The standard InChI is InChI=1S/C28H26O4S/c1-17-13-19(3)27(21-5-9-23(29)10-6-21)25(15-17)33(31,32)26-16-18(2)14-20(4)28(26)22-7-11-24(30)12-8-22/h5-16,29-30H,1-4H3. The average Bonchev–Trinajstić information content (AvgIpc) is 2.74. The summed E-state index contributed by atoms with van der Waals surface area (Å²) < 4.78 is 28.5. The summed E-state index contributed by atoms with van der Waals surface area (Å²) in [4.78, 5) is 0.464. The van der Waals surface area contributed by atoms with Crippen molar-refractivity contribution >= 4 is 9.84 Å². The second kappa shape index (κ2) is 8.41. The third-order valence-corrected chi connectivity index (χ3v) is 7.58. The highest BCUT2D eigenvalue weighted by molar-refractivity contribution is 7.91. The van der Waals surface area contributed by atoms with Crippen LogP contribution in [0.5, 0.6) is 11.5 Å². The fraction of sp³-hybridized carbons (Fsp3) is 0.143. The molecule has 4 aromatic carbocycles. The van der Waals surface area contributed by atoms with Crippen molar-refractivity contribution < 1.29 is 18.6 Å². The minimum absolute atomic E-state index is 0.122. The van der Waals surface area contributed by atoms with Gasteiger partial charge in [-0.05, 0) is 97.5 Å². The summed E-state index contributed by atoms with van der Waals surface area (Å²) in [5, 5.41) is 19.5. The van der Waals surface area contributed by atoms with Crippen molar-refractivity contribution in [2.75, 3.05) is 0 Å². The Balaban J connectivity index is 2.05. The van der Waals surface area contributed by atoms with Gasteiger partial charge in [-0.1, -0.05) is 36.4 Å². The van der Waals surface area contributed by atoms with Gasteiger partial charge < -0.3 is 10.2 Å². The second-order valence-corrected chi connectivity index (χ2v) is 10.4. The van der Waals surface area contributed by atoms with E-state index >= 15 is 0 Å². The number of hydrogen-bond donors (Lipinski definition) is 2. The lowest BCUT2D eigenvalue weighted by molar-refractivity contribution is 0.475. The van der Waals surface area contributed by atoms with Gasteiger partial charge in [0.15, 0.2) is 0 Å². The van der Waals surface area contributed by atoms with Gasteiger partial charge in [0, 0.05) is 11.1 Å². The van der Waals surface area contributed by atoms with Crippen molar-refractivity contribution in [1.82, 2.24) is 0 Å². The zero-order chi connectivity index (χ0) is 23.9. The van der Waals surface area contributed by atoms with E-state index in [4.69, 9.17) is 0 Å². The summed E-state index contributed by atoms with van der Waals surface area (Å²) in [7, 11) is -3.93. The van der Waals surface area contributed by atoms with Crippen molar-refractivity contribution in [3.05, 3.63) is 95.1 Å². The molecule has 0 amide bonds. The minimum atomic E-state index is -3.93. The molecular weight excluding hydrogens is 432 g/mol. The molecule has 0 bridgehead atoms. The first-order chi connectivity index (χ1) is 15.6. The molecule has 0 heterocycles. The number of sulfone groups is 1. The molecule has 0 aliphatic heterocycles. The Morgan fingerprint density at radius 1 is 0.545 bits per heavy atom. The Hall–Kier alpha value is -3.57. The molecular formula is C28H26O4S. The Morgan fingerprint density at radius 3 is 1.21 bits per heavy atom. The van der Waals surface area contributed by atoms with E-state index in [1.807, 2.05) is 39.8 Å². The summed E-state index contributed by atoms with van der Waals surface area (Å²) in [6.45, 7) is 7.57. The van der Waals surface area contributed by atoms with Gasteiger partial charge in [0.2, 0.25) is 9.84 Å². The zero-order valence-electron chi connectivity index (χ0n) is 19.0. The van der Waals surface area contributed by atoms with Crippen molar-refractivity contribution in [1.29, 1.82) is 0 Å². The Labute approximate surface area is 194 Å². The number of aryl methyl sites for hydroxylation is 4. The Morgan fingerprint density at radius 2 is 0.879 bits per heavy atom. The van der Waals surface area contributed by atoms with Crippen LogP contribution in [0.2, 0.25) is 0 Å². The first-order valence-electron chi connectivity index (χ1n) is 10.6. The van der Waals surface area contributed by atoms with Crippen LogP contribution in [0.3, 0.4) is 0 Å². The molecule has 168 valence electrons. The molecule has 5 heteroatoms. The van der Waals surface area contributed by atoms with Crippen LogP contribution in [0, 0.1) is 27.7 Å². The van der Waals surface area contributed by atoms with E-state index < -0.39 is 9.84 Å². The molecule has 0 aliphatic carbocycles. The van der Waals surface area contributed by atoms with E-state index in [2.05, 4.69) is 0 Å². The number of phenols is 2. The lowest BCUT2D eigenvalue weighted by Gasteiger charge is -2.19. The van der Waals surface area contributed by atoms with Gasteiger partial charge in [-0.15, -0.1) is 0 Å². The van der Waals surface area contributed by atoms with Gasteiger partial charge in [-0.3, -0.25) is 0 Å². The van der Waals surface area contributed by atoms with Gasteiger partial charge in [0.25, 0.3) is 0 Å². The smallest absolute Gasteiger partial charge is 0.207 e. The van der Waals surface area contributed by atoms with E-state index in [0.717, 1.165) is 33.4 Å². The Bertz CT molecular complexity index is 1340. The normalized spacial score (nSPS) is 11.5. The van der Waals surface area contributed by atoms with Crippen molar-refractivity contribution in [2.24, 2.45) is 0 Å². The van der Waals surface area contributed by atoms with E-state index in [-0.39, 0.29) is 21.3 Å². The molecule has 4 nitrogen and oxygen atoms in total. The van der Waals surface area contributed by atoms with Crippen molar-refractivity contribution in [2.45, 2.75) is 37.5 Å². The fourth-order valence-corrected chi connectivity index (χ4v) is 6.41. The first kappa shape index (κ1) is 22.6. The van der Waals surface area contributed by atoms with Crippen LogP contribution in [0.4, 0.5) is 0 Å². The molecule has 4 aromatic rings. The first-order valence-corrected chi connectivity index (χ1v) is 12.1. The van der Waals surface area contributed by atoms with Gasteiger partial charge in [0.1, 0.15) is 11.5 Å². The molecule has 2 N–H and O–H groups in total. The molecule has 0 radical (unpaired) electrons. The lowest BCUT2D eigenvalue weighted by Crippen LogP contribution is -2.09. The van der Waals surface area contributed by atoms with E-state index in [0.29, 0.717) is 11.1 Å². The molecule has 0 fully saturated rings. The number of benzene rings is 4. The van der Waals surface area contributed by atoms with Crippen LogP contribution in [-0.2, 0) is 9.84 Å². The number of phenolic OH excluding ortho intramolecular Hbond substituents is 2. The van der Waals surface area contributed by atoms with E-state index in [1.165, 1.54) is 0 Å². The maximum absolute atomic E-state index is 14.3. The predicted molar refractivity (Wildman–Crippen MR) is 131 cm³/mol. The van der Waals surface area contributed by atoms with Crippen LogP contribution in [0.15, 0.2) is 82.6 Å². The van der Waals surface area contributed by atoms with Gasteiger partial charge in [0.05, 0.1) is 9.79 Å². The largest absolute Gasteiger partial charge is 0.508 e. The summed E-state index contributed by atoms with van der Waals surface area (Å²) in [6, 6.07) is 20.5. The third kappa shape index (κ3) is 4.24. The predicted octanol–water partition coefficient (Wildman–Crippen LogP) is 6.50. The number of aromatic hydroxyl groups is 2. The van der Waals surface area contributed by atoms with Crippen LogP contribution in [-0.4, -0.2) is 18.6 Å². The van der Waals surface area contributed by atoms with Gasteiger partial charge in [-0.2, -0.15) is 0 Å². The van der Waals surface area contributed by atoms with Crippen LogP contribution >= 0.6 is 0 Å². The molecule has 0 saturated carbocycles. The minimum Gasteiger partial charge on any atom is -0.508 e. The summed E-state index contributed by atoms with van der Waals surface area (Å²) in [5.74, 6) is 0.244. The summed E-state index contributed by atoms with van der Waals surface area (Å²) in [6.07, 6.45) is 0. The van der Waals surface area contributed by atoms with E-state index in [9.17, 15) is 18.6 Å². The average molecular weight is 459 g/mol. The van der Waals surface area contributed by atoms with Crippen LogP contribution in [0.1, 0.15) is 22.3 Å². The number of rotatable bonds is 4. The van der Waals surface area contributed by atoms with E-state index in [1.54, 1.807) is 60.7 Å². The quantitative estimate of drug-likeness (QED) is 0.366. The molecule has 33 heavy (non-hydrogen) atoms. The molecule has 0 spiro atoms. The topological polar surface area (TPSA) is 74.6 Å². The maximum Gasteiger partial charge on any atom is 0.207 e. The fourth-order valence-electron chi connectivity index (χ4n) is 4.40. The molecule has 0 unspecified atom stereocenters. The van der Waals surface area contributed by atoms with Crippen LogP contribution in [0.25, 0.3) is 22.3 Å². The highest BCUT2D eigenvalue weighted by atomic mass is 32.2. The second-order valence-electron chi connectivity index (χ2n) is 8.51. The molecule has 0 atom stereocenters. The monoisotopic (exact) mass is 458 g/mol. The van der Waals surface area contributed by atoms with Crippen LogP contribution < -0.4 is 0 Å². The molecule has 4 rings (SSSR count). The molecule has 0 saturated heterocycles. The summed E-state index contributed by atoms with van der Waals surface area (Å²) >= 11 is 0. The third-order valence-electron chi connectivity index (χ3n) is 5.78. The Kier molecular flexibility index (Phi) is 5.76. The van der Waals surface area contributed by atoms with Gasteiger partial charge in [-0.25, -0.2) is 8.42 Å². The van der Waals surface area contributed by atoms with Gasteiger partial charge >= 0.3 is 0 Å². The maximum atomic E-state index is 14.3. The highest BCUT2D eigenvalue weighted by Crippen LogP contribution is 2.40. The zero-order valence-corrected chi connectivity index (χ0v) is 19.9.